The Labute approximate surface area is 106 Å². The number of fused-ring (bicyclic) bond motifs is 2. The van der Waals surface area contributed by atoms with Gasteiger partial charge in [0.25, 0.3) is 0 Å². The van der Waals surface area contributed by atoms with Gasteiger partial charge in [-0.2, -0.15) is 0 Å². The molecule has 2 nitrogen and oxygen atoms in total. The minimum absolute atomic E-state index is 0.724. The van der Waals surface area contributed by atoms with Gasteiger partial charge >= 0.3 is 0 Å². The number of nitrogens with zero attached hydrogens (tertiary/aromatic N) is 1. The van der Waals surface area contributed by atoms with Crippen LogP contribution in [0, 0.1) is 17.8 Å². The van der Waals surface area contributed by atoms with Gasteiger partial charge in [0.1, 0.15) is 0 Å². The second kappa shape index (κ2) is 4.89. The van der Waals surface area contributed by atoms with Gasteiger partial charge in [-0.25, -0.2) is 0 Å². The Bertz CT molecular complexity index is 266. The maximum Gasteiger partial charge on any atom is 0.0101 e. The summed E-state index contributed by atoms with van der Waals surface area (Å²) < 4.78 is 0. The first-order valence-electron chi connectivity index (χ1n) is 7.67. The average Bonchev–Trinajstić information content (AvgIpc) is 2.91. The van der Waals surface area contributed by atoms with Gasteiger partial charge in [-0.15, -0.1) is 0 Å². The summed E-state index contributed by atoms with van der Waals surface area (Å²) >= 11 is 0. The largest absolute Gasteiger partial charge is 0.311 e. The van der Waals surface area contributed by atoms with Crippen LogP contribution in [0.5, 0.6) is 0 Å². The van der Waals surface area contributed by atoms with E-state index < -0.39 is 0 Å². The molecule has 5 unspecified atom stereocenters. The van der Waals surface area contributed by atoms with Crippen LogP contribution in [0.25, 0.3) is 0 Å². The molecule has 0 aromatic carbocycles. The fourth-order valence-electron chi connectivity index (χ4n) is 4.54. The molecule has 3 fully saturated rings. The number of rotatable bonds is 3. The number of likely N-dealkylation sites (tertiary alicyclic amines) is 1. The molecule has 1 aliphatic heterocycles. The van der Waals surface area contributed by atoms with Crippen molar-refractivity contribution in [2.45, 2.75) is 57.5 Å². The van der Waals surface area contributed by atoms with Crippen LogP contribution in [0.1, 0.15) is 45.4 Å². The molecule has 3 aliphatic rings. The molecule has 0 aromatic heterocycles. The zero-order chi connectivity index (χ0) is 11.8. The van der Waals surface area contributed by atoms with Crippen molar-refractivity contribution < 1.29 is 0 Å². The molecule has 1 N–H and O–H groups in total. The Kier molecular flexibility index (Phi) is 3.45. The van der Waals surface area contributed by atoms with Gasteiger partial charge in [-0.3, -0.25) is 0 Å². The minimum Gasteiger partial charge on any atom is -0.311 e. The van der Waals surface area contributed by atoms with Crippen LogP contribution in [-0.4, -0.2) is 37.1 Å². The molecule has 0 radical (unpaired) electrons. The highest BCUT2D eigenvalue weighted by atomic mass is 15.1. The van der Waals surface area contributed by atoms with Crippen molar-refractivity contribution in [1.29, 1.82) is 0 Å². The topological polar surface area (TPSA) is 15.3 Å². The van der Waals surface area contributed by atoms with E-state index in [2.05, 4.69) is 24.2 Å². The smallest absolute Gasteiger partial charge is 0.0101 e. The van der Waals surface area contributed by atoms with Gasteiger partial charge in [0.05, 0.1) is 0 Å². The van der Waals surface area contributed by atoms with Gasteiger partial charge < -0.3 is 10.2 Å². The molecule has 2 aliphatic carbocycles. The first kappa shape index (κ1) is 12.0. The van der Waals surface area contributed by atoms with Crippen LogP contribution in [0.15, 0.2) is 0 Å². The van der Waals surface area contributed by atoms with Crippen LogP contribution >= 0.6 is 0 Å². The molecule has 98 valence electrons. The van der Waals surface area contributed by atoms with Gasteiger partial charge in [-0.05, 0) is 70.4 Å². The van der Waals surface area contributed by atoms with Crippen LogP contribution in [0.3, 0.4) is 0 Å². The summed E-state index contributed by atoms with van der Waals surface area (Å²) in [6.45, 7) is 5.03. The van der Waals surface area contributed by atoms with E-state index in [0.29, 0.717) is 0 Å². The zero-order valence-electron chi connectivity index (χ0n) is 11.5. The average molecular weight is 236 g/mol. The van der Waals surface area contributed by atoms with E-state index in [4.69, 9.17) is 0 Å². The molecular weight excluding hydrogens is 208 g/mol. The van der Waals surface area contributed by atoms with E-state index in [1.165, 1.54) is 51.6 Å². The lowest BCUT2D eigenvalue weighted by molar-refractivity contribution is 0.165. The van der Waals surface area contributed by atoms with Crippen molar-refractivity contribution in [3.05, 3.63) is 0 Å². The second-order valence-electron chi connectivity index (χ2n) is 6.90. The lowest BCUT2D eigenvalue weighted by atomic mass is 9.89. The van der Waals surface area contributed by atoms with Gasteiger partial charge in [-0.1, -0.05) is 6.42 Å². The zero-order valence-corrected chi connectivity index (χ0v) is 11.5. The number of hydrogen-bond donors (Lipinski definition) is 1. The summed E-state index contributed by atoms with van der Waals surface area (Å²) in [4.78, 5) is 2.51. The van der Waals surface area contributed by atoms with Crippen LogP contribution in [-0.2, 0) is 0 Å². The summed E-state index contributed by atoms with van der Waals surface area (Å²) in [6, 6.07) is 1.58. The van der Waals surface area contributed by atoms with E-state index >= 15 is 0 Å². The third-order valence-electron chi connectivity index (χ3n) is 5.58. The van der Waals surface area contributed by atoms with Crippen molar-refractivity contribution in [1.82, 2.24) is 10.2 Å². The molecule has 1 heterocycles. The Morgan fingerprint density at radius 1 is 1.18 bits per heavy atom. The van der Waals surface area contributed by atoms with Crippen molar-refractivity contribution in [2.75, 3.05) is 20.1 Å². The monoisotopic (exact) mass is 236 g/mol. The van der Waals surface area contributed by atoms with Crippen LogP contribution < -0.4 is 5.32 Å². The number of nitrogens with one attached hydrogen (secondary N) is 1. The molecule has 3 rings (SSSR count). The van der Waals surface area contributed by atoms with E-state index in [-0.39, 0.29) is 0 Å². The SMILES string of the molecule is CC(NC1CC2CCC1C2)C1CCCN(C)C1. The first-order valence-corrected chi connectivity index (χ1v) is 7.67. The predicted octanol–water partition coefficient (Wildman–Crippen LogP) is 2.49. The molecular formula is C15H28N2. The minimum atomic E-state index is 0.724. The van der Waals surface area contributed by atoms with Crippen molar-refractivity contribution in [3.8, 4) is 0 Å². The van der Waals surface area contributed by atoms with Crippen LogP contribution in [0.4, 0.5) is 0 Å². The molecule has 0 amide bonds. The molecule has 0 aromatic rings. The fourth-order valence-corrected chi connectivity index (χ4v) is 4.54. The predicted molar refractivity (Wildman–Crippen MR) is 72.1 cm³/mol. The van der Waals surface area contributed by atoms with Gasteiger partial charge in [0.15, 0.2) is 0 Å². The van der Waals surface area contributed by atoms with E-state index in [0.717, 1.165) is 29.8 Å². The normalized spacial score (nSPS) is 44.1. The Hall–Kier alpha value is -0.0800. The first-order chi connectivity index (χ1) is 8.22. The Morgan fingerprint density at radius 2 is 2.06 bits per heavy atom. The van der Waals surface area contributed by atoms with Gasteiger partial charge in [0, 0.05) is 18.6 Å². The summed E-state index contributed by atoms with van der Waals surface area (Å²) in [7, 11) is 2.27. The summed E-state index contributed by atoms with van der Waals surface area (Å²) in [5, 5.41) is 3.97. The second-order valence-corrected chi connectivity index (χ2v) is 6.90. The Morgan fingerprint density at radius 3 is 2.71 bits per heavy atom. The highest BCUT2D eigenvalue weighted by Crippen LogP contribution is 2.44. The van der Waals surface area contributed by atoms with Crippen molar-refractivity contribution in [2.24, 2.45) is 17.8 Å². The molecule has 17 heavy (non-hydrogen) atoms. The molecule has 1 saturated heterocycles. The molecule has 2 heteroatoms. The molecule has 2 bridgehead atoms. The fraction of sp³-hybridized carbons (Fsp3) is 1.00. The maximum atomic E-state index is 3.97. The van der Waals surface area contributed by atoms with Crippen molar-refractivity contribution >= 4 is 0 Å². The highest BCUT2D eigenvalue weighted by Gasteiger charge is 2.40. The van der Waals surface area contributed by atoms with E-state index in [1.54, 1.807) is 0 Å². The number of hydrogen-bond acceptors (Lipinski definition) is 2. The molecule has 0 spiro atoms. The van der Waals surface area contributed by atoms with E-state index in [1.807, 2.05) is 0 Å². The van der Waals surface area contributed by atoms with Crippen LogP contribution in [0.2, 0.25) is 0 Å². The van der Waals surface area contributed by atoms with Gasteiger partial charge in [0.2, 0.25) is 0 Å². The Balaban J connectivity index is 1.51. The lowest BCUT2D eigenvalue weighted by Crippen LogP contribution is -2.48. The lowest BCUT2D eigenvalue weighted by Gasteiger charge is -2.36. The quantitative estimate of drug-likeness (QED) is 0.810. The summed E-state index contributed by atoms with van der Waals surface area (Å²) in [6.07, 6.45) is 8.83. The molecule has 2 saturated carbocycles. The van der Waals surface area contributed by atoms with Crippen molar-refractivity contribution in [3.63, 3.8) is 0 Å². The summed E-state index contributed by atoms with van der Waals surface area (Å²) in [5.41, 5.74) is 0. The molecule has 5 atom stereocenters. The third kappa shape index (κ3) is 2.53. The van der Waals surface area contributed by atoms with E-state index in [9.17, 15) is 0 Å². The summed E-state index contributed by atoms with van der Waals surface area (Å²) in [5.74, 6) is 2.97. The maximum absolute atomic E-state index is 3.97. The highest BCUT2D eigenvalue weighted by molar-refractivity contribution is 4.96. The number of piperidine rings is 1. The third-order valence-corrected chi connectivity index (χ3v) is 5.58. The standard InChI is InChI=1S/C15H28N2/c1-11(14-4-3-7-17(2)10-14)16-15-9-12-5-6-13(15)8-12/h11-16H,3-10H2,1-2H3.